The summed E-state index contributed by atoms with van der Waals surface area (Å²) in [4.78, 5) is 14.9. The molecule has 5 heteroatoms. The van der Waals surface area contributed by atoms with Gasteiger partial charge in [-0.25, -0.2) is 0 Å². The fraction of sp³-hybridized carbons (Fsp3) is 0.500. The zero-order chi connectivity index (χ0) is 18.0. The third-order valence-corrected chi connectivity index (χ3v) is 5.22. The number of benzene rings is 1. The van der Waals surface area contributed by atoms with Crippen LogP contribution in [0.5, 0.6) is 0 Å². The van der Waals surface area contributed by atoms with Gasteiger partial charge in [0.1, 0.15) is 0 Å². The van der Waals surface area contributed by atoms with E-state index in [4.69, 9.17) is 4.74 Å². The molecule has 1 fully saturated rings. The minimum Gasteiger partial charge on any atom is -0.377 e. The van der Waals surface area contributed by atoms with Crippen LogP contribution in [0.15, 0.2) is 24.3 Å². The van der Waals surface area contributed by atoms with E-state index in [0.29, 0.717) is 26.2 Å². The zero-order valence-corrected chi connectivity index (χ0v) is 15.6. The maximum atomic E-state index is 12.9. The molecule has 5 nitrogen and oxygen atoms in total. The standard InChI is InChI=1S/C20H27N3O2/c1-14-7-5-6-8-17(14)9-10-19(24)23-11-12-25-13-18(23)20-15(2)21-22(4)16(20)3/h5-8,18H,9-13H2,1-4H3. The lowest BCUT2D eigenvalue weighted by molar-refractivity contribution is -0.140. The van der Waals surface area contributed by atoms with Gasteiger partial charge in [-0.2, -0.15) is 5.10 Å². The number of aromatic nitrogens is 2. The van der Waals surface area contributed by atoms with E-state index in [9.17, 15) is 4.79 Å². The molecule has 0 radical (unpaired) electrons. The summed E-state index contributed by atoms with van der Waals surface area (Å²) >= 11 is 0. The van der Waals surface area contributed by atoms with Gasteiger partial charge >= 0.3 is 0 Å². The van der Waals surface area contributed by atoms with Crippen molar-refractivity contribution in [2.24, 2.45) is 7.05 Å². The Labute approximate surface area is 149 Å². The first-order valence-corrected chi connectivity index (χ1v) is 8.91. The summed E-state index contributed by atoms with van der Waals surface area (Å²) < 4.78 is 7.57. The molecular formula is C20H27N3O2. The van der Waals surface area contributed by atoms with Crippen molar-refractivity contribution in [1.29, 1.82) is 0 Å². The quantitative estimate of drug-likeness (QED) is 0.859. The van der Waals surface area contributed by atoms with Crippen molar-refractivity contribution in [3.8, 4) is 0 Å². The van der Waals surface area contributed by atoms with Crippen molar-refractivity contribution in [2.45, 2.75) is 39.7 Å². The predicted molar refractivity (Wildman–Crippen MR) is 97.5 cm³/mol. The van der Waals surface area contributed by atoms with E-state index in [1.807, 2.05) is 35.7 Å². The van der Waals surface area contributed by atoms with Crippen LogP contribution in [0.3, 0.4) is 0 Å². The van der Waals surface area contributed by atoms with Crippen molar-refractivity contribution in [1.82, 2.24) is 14.7 Å². The van der Waals surface area contributed by atoms with Crippen LogP contribution in [0, 0.1) is 20.8 Å². The van der Waals surface area contributed by atoms with Crippen LogP contribution in [0.2, 0.25) is 0 Å². The van der Waals surface area contributed by atoms with Gasteiger partial charge in [-0.05, 0) is 38.3 Å². The molecule has 0 saturated carbocycles. The van der Waals surface area contributed by atoms with Gasteiger partial charge in [-0.3, -0.25) is 9.48 Å². The summed E-state index contributed by atoms with van der Waals surface area (Å²) in [5, 5.41) is 4.51. The number of rotatable bonds is 4. The lowest BCUT2D eigenvalue weighted by Gasteiger charge is -2.36. The fourth-order valence-corrected chi connectivity index (χ4v) is 3.69. The molecule has 2 aromatic rings. The molecule has 1 aromatic heterocycles. The number of ether oxygens (including phenoxy) is 1. The molecule has 0 aliphatic carbocycles. The van der Waals surface area contributed by atoms with Crippen LogP contribution in [0.4, 0.5) is 0 Å². The number of hydrogen-bond donors (Lipinski definition) is 0. The first-order chi connectivity index (χ1) is 12.0. The second kappa shape index (κ2) is 7.40. The van der Waals surface area contributed by atoms with E-state index in [-0.39, 0.29) is 11.9 Å². The summed E-state index contributed by atoms with van der Waals surface area (Å²) in [5.74, 6) is 0.194. The topological polar surface area (TPSA) is 47.4 Å². The largest absolute Gasteiger partial charge is 0.377 e. The van der Waals surface area contributed by atoms with Crippen molar-refractivity contribution < 1.29 is 9.53 Å². The maximum absolute atomic E-state index is 12.9. The summed E-state index contributed by atoms with van der Waals surface area (Å²) in [6.07, 6.45) is 1.31. The number of aryl methyl sites for hydroxylation is 4. The SMILES string of the molecule is Cc1ccccc1CCC(=O)N1CCOCC1c1c(C)nn(C)c1C. The first-order valence-electron chi connectivity index (χ1n) is 8.91. The monoisotopic (exact) mass is 341 g/mol. The van der Waals surface area contributed by atoms with Gasteiger partial charge in [-0.15, -0.1) is 0 Å². The van der Waals surface area contributed by atoms with Crippen LogP contribution in [-0.2, 0) is 23.0 Å². The smallest absolute Gasteiger partial charge is 0.223 e. The Bertz CT molecular complexity index is 766. The molecule has 1 atom stereocenters. The molecular weight excluding hydrogens is 314 g/mol. The Morgan fingerprint density at radius 3 is 2.72 bits per heavy atom. The molecule has 1 aliphatic heterocycles. The summed E-state index contributed by atoms with van der Waals surface area (Å²) in [6.45, 7) is 7.95. The number of hydrogen-bond acceptors (Lipinski definition) is 3. The molecule has 0 spiro atoms. The number of amides is 1. The van der Waals surface area contributed by atoms with E-state index in [1.165, 1.54) is 11.1 Å². The van der Waals surface area contributed by atoms with Crippen LogP contribution in [0.1, 0.15) is 40.5 Å². The molecule has 1 saturated heterocycles. The molecule has 1 unspecified atom stereocenters. The van der Waals surface area contributed by atoms with E-state index in [0.717, 1.165) is 23.4 Å². The predicted octanol–water partition coefficient (Wildman–Crippen LogP) is 2.88. The van der Waals surface area contributed by atoms with Crippen molar-refractivity contribution >= 4 is 5.91 Å². The van der Waals surface area contributed by atoms with Gasteiger partial charge in [-0.1, -0.05) is 24.3 Å². The number of carbonyl (C=O) groups is 1. The van der Waals surface area contributed by atoms with Gasteiger partial charge in [0, 0.05) is 31.3 Å². The first kappa shape index (κ1) is 17.7. The Balaban J connectivity index is 1.76. The van der Waals surface area contributed by atoms with Crippen molar-refractivity contribution in [3.63, 3.8) is 0 Å². The molecule has 0 N–H and O–H groups in total. The summed E-state index contributed by atoms with van der Waals surface area (Å²) in [6, 6.07) is 8.24. The number of morpholine rings is 1. The van der Waals surface area contributed by atoms with Crippen molar-refractivity contribution in [3.05, 3.63) is 52.3 Å². The lowest BCUT2D eigenvalue weighted by Crippen LogP contribution is -2.43. The number of nitrogens with zero attached hydrogens (tertiary/aromatic N) is 3. The fourth-order valence-electron chi connectivity index (χ4n) is 3.69. The zero-order valence-electron chi connectivity index (χ0n) is 15.6. The van der Waals surface area contributed by atoms with Gasteiger partial charge in [0.15, 0.2) is 0 Å². The minimum absolute atomic E-state index is 0.0354. The Morgan fingerprint density at radius 2 is 2.04 bits per heavy atom. The number of carbonyl (C=O) groups excluding carboxylic acids is 1. The molecule has 0 bridgehead atoms. The van der Waals surface area contributed by atoms with Crippen molar-refractivity contribution in [2.75, 3.05) is 19.8 Å². The lowest BCUT2D eigenvalue weighted by atomic mass is 10.0. The molecule has 1 amide bonds. The summed E-state index contributed by atoms with van der Waals surface area (Å²) in [7, 11) is 1.94. The third-order valence-electron chi connectivity index (χ3n) is 5.22. The van der Waals surface area contributed by atoms with E-state index >= 15 is 0 Å². The average molecular weight is 341 g/mol. The van der Waals surface area contributed by atoms with E-state index in [2.05, 4.69) is 31.1 Å². The Kier molecular flexibility index (Phi) is 5.23. The third kappa shape index (κ3) is 3.61. The average Bonchev–Trinajstić information content (AvgIpc) is 2.86. The van der Waals surface area contributed by atoms with Gasteiger partial charge in [0.05, 0.1) is 24.9 Å². The Morgan fingerprint density at radius 1 is 1.28 bits per heavy atom. The second-order valence-electron chi connectivity index (χ2n) is 6.81. The molecule has 3 rings (SSSR count). The highest BCUT2D eigenvalue weighted by Crippen LogP contribution is 2.30. The summed E-state index contributed by atoms with van der Waals surface area (Å²) in [5.41, 5.74) is 5.70. The second-order valence-corrected chi connectivity index (χ2v) is 6.81. The molecule has 25 heavy (non-hydrogen) atoms. The molecule has 134 valence electrons. The minimum atomic E-state index is -0.0354. The van der Waals surface area contributed by atoms with Gasteiger partial charge in [0.2, 0.25) is 5.91 Å². The molecule has 1 aromatic carbocycles. The maximum Gasteiger partial charge on any atom is 0.223 e. The van der Waals surface area contributed by atoms with E-state index < -0.39 is 0 Å². The highest BCUT2D eigenvalue weighted by Gasteiger charge is 2.32. The van der Waals surface area contributed by atoms with Gasteiger partial charge in [0.25, 0.3) is 0 Å². The highest BCUT2D eigenvalue weighted by molar-refractivity contribution is 5.77. The molecule has 2 heterocycles. The highest BCUT2D eigenvalue weighted by atomic mass is 16.5. The molecule has 1 aliphatic rings. The van der Waals surface area contributed by atoms with Crippen LogP contribution in [0.25, 0.3) is 0 Å². The van der Waals surface area contributed by atoms with Crippen LogP contribution < -0.4 is 0 Å². The van der Waals surface area contributed by atoms with Crippen LogP contribution in [-0.4, -0.2) is 40.3 Å². The normalized spacial score (nSPS) is 17.8. The van der Waals surface area contributed by atoms with E-state index in [1.54, 1.807) is 0 Å². The van der Waals surface area contributed by atoms with Gasteiger partial charge < -0.3 is 9.64 Å². The Hall–Kier alpha value is -2.14. The van der Waals surface area contributed by atoms with Crippen LogP contribution >= 0.6 is 0 Å².